The Balaban J connectivity index is 1.59. The third-order valence-electron chi connectivity index (χ3n) is 3.55. The Morgan fingerprint density at radius 1 is 1.14 bits per heavy atom. The number of amides is 2. The molecule has 21 heavy (non-hydrogen) atoms. The molecule has 2 aromatic rings. The minimum atomic E-state index is 0.0201. The predicted octanol–water partition coefficient (Wildman–Crippen LogP) is 4.46. The summed E-state index contributed by atoms with van der Waals surface area (Å²) in [7, 11) is 0. The van der Waals surface area contributed by atoms with Gasteiger partial charge in [-0.05, 0) is 29.5 Å². The second-order valence-corrected chi connectivity index (χ2v) is 7.21. The second kappa shape index (κ2) is 7.00. The zero-order valence-corrected chi connectivity index (χ0v) is 13.3. The third-order valence-corrected chi connectivity index (χ3v) is 5.67. The van der Waals surface area contributed by atoms with Crippen LogP contribution in [0, 0.1) is 0 Å². The van der Waals surface area contributed by atoms with E-state index >= 15 is 0 Å². The number of rotatable bonds is 2. The summed E-state index contributed by atoms with van der Waals surface area (Å²) in [6.45, 7) is 1.62. The van der Waals surface area contributed by atoms with Crippen molar-refractivity contribution in [1.82, 2.24) is 4.90 Å². The highest BCUT2D eigenvalue weighted by molar-refractivity contribution is 7.99. The molecule has 0 radical (unpaired) electrons. The van der Waals surface area contributed by atoms with Gasteiger partial charge in [0, 0.05) is 24.1 Å². The molecular formula is C16H18N2OS2. The lowest BCUT2D eigenvalue weighted by atomic mass is 10.1. The van der Waals surface area contributed by atoms with Crippen molar-refractivity contribution in [2.75, 3.05) is 24.2 Å². The Morgan fingerprint density at radius 2 is 2.00 bits per heavy atom. The first-order valence-corrected chi connectivity index (χ1v) is 9.02. The van der Waals surface area contributed by atoms with Gasteiger partial charge in [0.15, 0.2) is 0 Å². The molecule has 5 heteroatoms. The highest BCUT2D eigenvalue weighted by Crippen LogP contribution is 2.34. The molecule has 3 rings (SSSR count). The largest absolute Gasteiger partial charge is 0.324 e. The van der Waals surface area contributed by atoms with E-state index in [0.717, 1.165) is 30.3 Å². The minimum Gasteiger partial charge on any atom is -0.324 e. The van der Waals surface area contributed by atoms with Crippen molar-refractivity contribution in [1.29, 1.82) is 0 Å². The highest BCUT2D eigenvalue weighted by atomic mass is 32.2. The van der Waals surface area contributed by atoms with Gasteiger partial charge in [0.1, 0.15) is 0 Å². The van der Waals surface area contributed by atoms with Crippen LogP contribution in [0.15, 0.2) is 47.8 Å². The van der Waals surface area contributed by atoms with Gasteiger partial charge < -0.3 is 4.90 Å². The average molecular weight is 318 g/mol. The quantitative estimate of drug-likeness (QED) is 0.886. The molecule has 1 aromatic carbocycles. The Bertz CT molecular complexity index is 571. The van der Waals surface area contributed by atoms with Crippen molar-refractivity contribution in [3.05, 3.63) is 53.4 Å². The monoisotopic (exact) mass is 318 g/mol. The van der Waals surface area contributed by atoms with Crippen LogP contribution in [0.4, 0.5) is 9.80 Å². The lowest BCUT2D eigenvalue weighted by Crippen LogP contribution is -2.36. The van der Waals surface area contributed by atoms with Crippen LogP contribution in [0.1, 0.15) is 17.2 Å². The molecule has 1 aliphatic heterocycles. The van der Waals surface area contributed by atoms with Crippen molar-refractivity contribution in [3.8, 4) is 0 Å². The number of hydrogen-bond donors (Lipinski definition) is 1. The Labute approximate surface area is 133 Å². The number of carbonyl (C=O) groups is 1. The van der Waals surface area contributed by atoms with Crippen molar-refractivity contribution in [3.63, 3.8) is 0 Å². The van der Waals surface area contributed by atoms with Gasteiger partial charge in [0.2, 0.25) is 0 Å². The van der Waals surface area contributed by atoms with E-state index < -0.39 is 0 Å². The summed E-state index contributed by atoms with van der Waals surface area (Å²) in [5.41, 5.74) is 1.36. The third kappa shape index (κ3) is 3.80. The van der Waals surface area contributed by atoms with E-state index in [1.807, 2.05) is 40.2 Å². The van der Waals surface area contributed by atoms with E-state index in [1.165, 1.54) is 5.56 Å². The molecule has 0 spiro atoms. The van der Waals surface area contributed by atoms with E-state index in [2.05, 4.69) is 29.6 Å². The summed E-state index contributed by atoms with van der Waals surface area (Å²) in [6, 6.07) is 14.5. The average Bonchev–Trinajstić information content (AvgIpc) is 2.89. The maximum Gasteiger partial charge on any atom is 0.322 e. The second-order valence-electron chi connectivity index (χ2n) is 4.95. The van der Waals surface area contributed by atoms with E-state index in [1.54, 1.807) is 11.3 Å². The fraction of sp³-hybridized carbons (Fsp3) is 0.312. The van der Waals surface area contributed by atoms with Crippen LogP contribution in [0.3, 0.4) is 0 Å². The molecule has 1 atom stereocenters. The SMILES string of the molecule is O=C(Nc1cccs1)N1CCS[C@@H](c2ccccc2)CC1. The number of nitrogens with zero attached hydrogens (tertiary/aromatic N) is 1. The molecule has 1 aromatic heterocycles. The zero-order chi connectivity index (χ0) is 14.5. The van der Waals surface area contributed by atoms with Gasteiger partial charge in [0.05, 0.1) is 5.00 Å². The number of carbonyl (C=O) groups excluding carboxylic acids is 1. The van der Waals surface area contributed by atoms with Gasteiger partial charge in [-0.15, -0.1) is 11.3 Å². The number of anilines is 1. The van der Waals surface area contributed by atoms with E-state index in [9.17, 15) is 4.79 Å². The molecule has 110 valence electrons. The van der Waals surface area contributed by atoms with Gasteiger partial charge in [0.25, 0.3) is 0 Å². The zero-order valence-electron chi connectivity index (χ0n) is 11.7. The molecule has 0 saturated carbocycles. The topological polar surface area (TPSA) is 32.3 Å². The summed E-state index contributed by atoms with van der Waals surface area (Å²) >= 11 is 3.50. The number of benzene rings is 1. The number of urea groups is 1. The van der Waals surface area contributed by atoms with Crippen LogP contribution in [-0.4, -0.2) is 29.8 Å². The van der Waals surface area contributed by atoms with E-state index in [-0.39, 0.29) is 6.03 Å². The molecule has 0 unspecified atom stereocenters. The summed E-state index contributed by atoms with van der Waals surface area (Å²) in [5, 5.41) is 6.35. The first kappa shape index (κ1) is 14.5. The lowest BCUT2D eigenvalue weighted by molar-refractivity contribution is 0.215. The van der Waals surface area contributed by atoms with Gasteiger partial charge in [-0.25, -0.2) is 4.79 Å². The number of thioether (sulfide) groups is 1. The molecule has 1 saturated heterocycles. The maximum absolute atomic E-state index is 12.3. The summed E-state index contributed by atoms with van der Waals surface area (Å²) in [6.07, 6.45) is 1.01. The van der Waals surface area contributed by atoms with Crippen LogP contribution in [0.25, 0.3) is 0 Å². The van der Waals surface area contributed by atoms with E-state index in [4.69, 9.17) is 0 Å². The van der Waals surface area contributed by atoms with Gasteiger partial charge in [-0.3, -0.25) is 5.32 Å². The molecular weight excluding hydrogens is 300 g/mol. The Hall–Kier alpha value is -1.46. The molecule has 1 N–H and O–H groups in total. The van der Waals surface area contributed by atoms with Gasteiger partial charge in [-0.1, -0.05) is 30.3 Å². The molecule has 0 bridgehead atoms. The van der Waals surface area contributed by atoms with Crippen LogP contribution in [0.5, 0.6) is 0 Å². The Morgan fingerprint density at radius 3 is 2.76 bits per heavy atom. The van der Waals surface area contributed by atoms with Crippen LogP contribution in [-0.2, 0) is 0 Å². The van der Waals surface area contributed by atoms with Gasteiger partial charge >= 0.3 is 6.03 Å². The standard InChI is InChI=1S/C16H18N2OS2/c19-16(17-15-7-4-11-21-15)18-9-8-14(20-12-10-18)13-5-2-1-3-6-13/h1-7,11,14H,8-10,12H2,(H,17,19)/t14-/m1/s1. The fourth-order valence-electron chi connectivity index (χ4n) is 2.44. The van der Waals surface area contributed by atoms with Crippen molar-refractivity contribution >= 4 is 34.1 Å². The molecule has 2 amide bonds. The van der Waals surface area contributed by atoms with Crippen molar-refractivity contribution in [2.24, 2.45) is 0 Å². The first-order chi connectivity index (χ1) is 10.3. The minimum absolute atomic E-state index is 0.0201. The van der Waals surface area contributed by atoms with Gasteiger partial charge in [-0.2, -0.15) is 11.8 Å². The summed E-state index contributed by atoms with van der Waals surface area (Å²) in [4.78, 5) is 14.2. The summed E-state index contributed by atoms with van der Waals surface area (Å²) < 4.78 is 0. The van der Waals surface area contributed by atoms with Crippen LogP contribution in [0.2, 0.25) is 0 Å². The van der Waals surface area contributed by atoms with Crippen molar-refractivity contribution in [2.45, 2.75) is 11.7 Å². The smallest absolute Gasteiger partial charge is 0.322 e. The molecule has 2 heterocycles. The maximum atomic E-state index is 12.3. The number of hydrogen-bond acceptors (Lipinski definition) is 3. The normalized spacial score (nSPS) is 19.0. The van der Waals surface area contributed by atoms with Crippen molar-refractivity contribution < 1.29 is 4.79 Å². The van der Waals surface area contributed by atoms with E-state index in [0.29, 0.717) is 5.25 Å². The predicted molar refractivity (Wildman–Crippen MR) is 91.2 cm³/mol. The first-order valence-electron chi connectivity index (χ1n) is 7.09. The van der Waals surface area contributed by atoms with Crippen LogP contribution >= 0.6 is 23.1 Å². The Kier molecular flexibility index (Phi) is 4.83. The molecule has 1 fully saturated rings. The number of thiophene rings is 1. The lowest BCUT2D eigenvalue weighted by Gasteiger charge is -2.20. The molecule has 1 aliphatic rings. The van der Waals surface area contributed by atoms with Crippen LogP contribution < -0.4 is 5.32 Å². The molecule has 0 aliphatic carbocycles. The fourth-order valence-corrected chi connectivity index (χ4v) is 4.28. The number of nitrogens with one attached hydrogen (secondary N) is 1. The summed E-state index contributed by atoms with van der Waals surface area (Å²) in [5.74, 6) is 0.984. The highest BCUT2D eigenvalue weighted by Gasteiger charge is 2.22. The molecule has 3 nitrogen and oxygen atoms in total.